The zero-order valence-electron chi connectivity index (χ0n) is 14.9. The van der Waals surface area contributed by atoms with Crippen LogP contribution in [0, 0.1) is 0 Å². The highest BCUT2D eigenvalue weighted by atomic mass is 16.3. The van der Waals surface area contributed by atoms with Crippen LogP contribution in [0.15, 0.2) is 17.1 Å². The third-order valence-corrected chi connectivity index (χ3v) is 5.18. The van der Waals surface area contributed by atoms with Crippen LogP contribution in [0.3, 0.4) is 0 Å². The molecule has 3 aromatic heterocycles. The SMILES string of the molecule is CCn1cc(-c2cc(N3CCC[C@H]3CO)n(C)n2)c2[nH]nc(N)c2c1=O. The van der Waals surface area contributed by atoms with Gasteiger partial charge in [-0.25, -0.2) is 0 Å². The van der Waals surface area contributed by atoms with E-state index in [1.165, 1.54) is 0 Å². The number of anilines is 2. The van der Waals surface area contributed by atoms with Crippen LogP contribution in [0.2, 0.25) is 0 Å². The first-order valence-electron chi connectivity index (χ1n) is 8.84. The molecule has 4 heterocycles. The first-order chi connectivity index (χ1) is 12.5. The predicted octanol–water partition coefficient (Wildman–Crippen LogP) is 0.688. The minimum atomic E-state index is -0.159. The predicted molar refractivity (Wildman–Crippen MR) is 100 cm³/mol. The monoisotopic (exact) mass is 357 g/mol. The van der Waals surface area contributed by atoms with Gasteiger partial charge < -0.3 is 20.3 Å². The van der Waals surface area contributed by atoms with Crippen molar-refractivity contribution in [3.8, 4) is 11.3 Å². The molecule has 0 unspecified atom stereocenters. The third-order valence-electron chi connectivity index (χ3n) is 5.18. The van der Waals surface area contributed by atoms with Gasteiger partial charge in [0.05, 0.1) is 23.9 Å². The quantitative estimate of drug-likeness (QED) is 0.632. The van der Waals surface area contributed by atoms with Crippen molar-refractivity contribution in [2.75, 3.05) is 23.8 Å². The van der Waals surface area contributed by atoms with E-state index in [1.54, 1.807) is 10.8 Å². The molecule has 1 saturated heterocycles. The Morgan fingerprint density at radius 2 is 2.27 bits per heavy atom. The fourth-order valence-electron chi connectivity index (χ4n) is 3.80. The molecule has 1 atom stereocenters. The summed E-state index contributed by atoms with van der Waals surface area (Å²) in [6, 6.07) is 2.11. The van der Waals surface area contributed by atoms with Crippen molar-refractivity contribution in [2.45, 2.75) is 32.4 Å². The van der Waals surface area contributed by atoms with Crippen LogP contribution in [0.1, 0.15) is 19.8 Å². The number of nitrogens with two attached hydrogens (primary N) is 1. The Kier molecular flexibility index (Phi) is 3.95. The first kappa shape index (κ1) is 16.6. The average molecular weight is 357 g/mol. The topological polar surface area (TPSA) is 118 Å². The van der Waals surface area contributed by atoms with E-state index in [0.29, 0.717) is 17.4 Å². The number of aliphatic hydroxyl groups is 1. The number of pyridine rings is 1. The zero-order chi connectivity index (χ0) is 18.4. The Hall–Kier alpha value is -2.81. The van der Waals surface area contributed by atoms with E-state index >= 15 is 0 Å². The minimum Gasteiger partial charge on any atom is -0.394 e. The second-order valence-corrected chi connectivity index (χ2v) is 6.68. The molecule has 0 spiro atoms. The fraction of sp³-hybridized carbons (Fsp3) is 0.471. The number of nitrogens with zero attached hydrogens (tertiary/aromatic N) is 5. The van der Waals surface area contributed by atoms with Gasteiger partial charge in [0, 0.05) is 38.0 Å². The lowest BCUT2D eigenvalue weighted by Crippen LogP contribution is -2.33. The van der Waals surface area contributed by atoms with E-state index in [9.17, 15) is 9.90 Å². The van der Waals surface area contributed by atoms with E-state index in [4.69, 9.17) is 5.73 Å². The number of hydrogen-bond acceptors (Lipinski definition) is 6. The molecule has 9 nitrogen and oxygen atoms in total. The molecule has 1 fully saturated rings. The number of nitrogen functional groups attached to an aromatic ring is 1. The highest BCUT2D eigenvalue weighted by molar-refractivity contribution is 5.97. The molecule has 0 amide bonds. The summed E-state index contributed by atoms with van der Waals surface area (Å²) in [7, 11) is 1.89. The number of hydrogen-bond donors (Lipinski definition) is 3. The third kappa shape index (κ3) is 2.38. The molecule has 0 aliphatic carbocycles. The molecular formula is C17H23N7O2. The van der Waals surface area contributed by atoms with Crippen molar-refractivity contribution in [1.82, 2.24) is 24.5 Å². The van der Waals surface area contributed by atoms with Gasteiger partial charge in [-0.05, 0) is 19.8 Å². The van der Waals surface area contributed by atoms with Crippen LogP contribution in [-0.4, -0.2) is 48.8 Å². The molecule has 0 bridgehead atoms. The van der Waals surface area contributed by atoms with E-state index in [2.05, 4.69) is 20.2 Å². The van der Waals surface area contributed by atoms with Crippen LogP contribution in [-0.2, 0) is 13.6 Å². The maximum atomic E-state index is 12.5. The summed E-state index contributed by atoms with van der Waals surface area (Å²) < 4.78 is 3.43. The van der Waals surface area contributed by atoms with Gasteiger partial charge >= 0.3 is 0 Å². The maximum Gasteiger partial charge on any atom is 0.263 e. The number of aromatic amines is 1. The summed E-state index contributed by atoms with van der Waals surface area (Å²) in [5.74, 6) is 1.15. The molecule has 1 aliphatic rings. The van der Waals surface area contributed by atoms with E-state index in [0.717, 1.165) is 36.5 Å². The Morgan fingerprint density at radius 1 is 1.46 bits per heavy atom. The zero-order valence-corrected chi connectivity index (χ0v) is 14.9. The highest BCUT2D eigenvalue weighted by Gasteiger charge is 2.27. The molecule has 138 valence electrons. The van der Waals surface area contributed by atoms with Crippen LogP contribution in [0.4, 0.5) is 11.6 Å². The number of nitrogens with one attached hydrogen (secondary N) is 1. The van der Waals surface area contributed by atoms with Crippen molar-refractivity contribution < 1.29 is 5.11 Å². The summed E-state index contributed by atoms with van der Waals surface area (Å²) >= 11 is 0. The summed E-state index contributed by atoms with van der Waals surface area (Å²) in [5.41, 5.74) is 7.86. The lowest BCUT2D eigenvalue weighted by Gasteiger charge is -2.24. The summed E-state index contributed by atoms with van der Waals surface area (Å²) in [6.45, 7) is 3.46. The smallest absolute Gasteiger partial charge is 0.263 e. The maximum absolute atomic E-state index is 12.5. The van der Waals surface area contributed by atoms with Gasteiger partial charge in [0.15, 0.2) is 5.82 Å². The van der Waals surface area contributed by atoms with Crippen molar-refractivity contribution in [3.05, 3.63) is 22.6 Å². The number of H-pyrrole nitrogens is 1. The number of rotatable bonds is 4. The number of aryl methyl sites for hydroxylation is 2. The van der Waals surface area contributed by atoms with Crippen molar-refractivity contribution in [1.29, 1.82) is 0 Å². The van der Waals surface area contributed by atoms with Crippen LogP contribution in [0.5, 0.6) is 0 Å². The molecule has 4 N–H and O–H groups in total. The highest BCUT2D eigenvalue weighted by Crippen LogP contribution is 2.32. The standard InChI is InChI=1S/C17H23N7O2/c1-3-23-8-11(15-14(17(23)26)16(18)20-19-15)12-7-13(22(2)21-12)24-6-4-5-10(24)9-25/h7-8,10,25H,3-6,9H2,1-2H3,(H3,18,19,20)/t10-/m0/s1. The van der Waals surface area contributed by atoms with Gasteiger partial charge in [-0.3, -0.25) is 14.6 Å². The molecule has 9 heteroatoms. The second kappa shape index (κ2) is 6.17. The normalized spacial score (nSPS) is 17.5. The molecule has 26 heavy (non-hydrogen) atoms. The Morgan fingerprint density at radius 3 is 3.00 bits per heavy atom. The first-order valence-corrected chi connectivity index (χ1v) is 8.84. The molecular weight excluding hydrogens is 334 g/mol. The largest absolute Gasteiger partial charge is 0.394 e. The van der Waals surface area contributed by atoms with Crippen LogP contribution in [0.25, 0.3) is 22.2 Å². The summed E-state index contributed by atoms with van der Waals surface area (Å²) in [4.78, 5) is 14.7. The van der Waals surface area contributed by atoms with Crippen LogP contribution >= 0.6 is 0 Å². The molecule has 1 aliphatic heterocycles. The minimum absolute atomic E-state index is 0.116. The van der Waals surface area contributed by atoms with E-state index < -0.39 is 0 Å². The van der Waals surface area contributed by atoms with Gasteiger partial charge in [-0.15, -0.1) is 0 Å². The number of fused-ring (bicyclic) bond motifs is 1. The van der Waals surface area contributed by atoms with E-state index in [-0.39, 0.29) is 24.0 Å². The fourth-order valence-corrected chi connectivity index (χ4v) is 3.80. The number of aromatic nitrogens is 5. The van der Waals surface area contributed by atoms with Gasteiger partial charge in [0.25, 0.3) is 5.56 Å². The van der Waals surface area contributed by atoms with Gasteiger partial charge in [-0.1, -0.05) is 0 Å². The Balaban J connectivity index is 1.88. The summed E-state index contributed by atoms with van der Waals surface area (Å²) in [6.07, 6.45) is 3.81. The Labute approximate surface area is 150 Å². The van der Waals surface area contributed by atoms with Gasteiger partial charge in [0.2, 0.25) is 0 Å². The second-order valence-electron chi connectivity index (χ2n) is 6.68. The average Bonchev–Trinajstić information content (AvgIpc) is 3.34. The molecule has 0 aromatic carbocycles. The van der Waals surface area contributed by atoms with Crippen molar-refractivity contribution >= 4 is 22.5 Å². The molecule has 4 rings (SSSR count). The molecule has 0 saturated carbocycles. The Bertz CT molecular complexity index is 1020. The summed E-state index contributed by atoms with van der Waals surface area (Å²) in [5, 5.41) is 21.5. The van der Waals surface area contributed by atoms with E-state index in [1.807, 2.05) is 24.7 Å². The lowest BCUT2D eigenvalue weighted by molar-refractivity contribution is 0.265. The molecule has 3 aromatic rings. The van der Waals surface area contributed by atoms with Crippen molar-refractivity contribution in [2.24, 2.45) is 7.05 Å². The van der Waals surface area contributed by atoms with Gasteiger partial charge in [0.1, 0.15) is 11.2 Å². The lowest BCUT2D eigenvalue weighted by atomic mass is 10.1. The van der Waals surface area contributed by atoms with Crippen LogP contribution < -0.4 is 16.2 Å². The molecule has 0 radical (unpaired) electrons. The number of aliphatic hydroxyl groups excluding tert-OH is 1. The van der Waals surface area contributed by atoms with Crippen molar-refractivity contribution in [3.63, 3.8) is 0 Å². The van der Waals surface area contributed by atoms with Gasteiger partial charge in [-0.2, -0.15) is 10.2 Å².